The lowest BCUT2D eigenvalue weighted by Crippen LogP contribution is -2.46. The van der Waals surface area contributed by atoms with Crippen LogP contribution < -0.4 is 10.2 Å². The number of hydrogen-bond acceptors (Lipinski definition) is 4. The van der Waals surface area contributed by atoms with Gasteiger partial charge in [0.05, 0.1) is 17.3 Å². The predicted molar refractivity (Wildman–Crippen MR) is 136 cm³/mol. The number of rotatable bonds is 4. The van der Waals surface area contributed by atoms with E-state index in [-0.39, 0.29) is 5.69 Å². The lowest BCUT2D eigenvalue weighted by atomic mass is 9.92. The third-order valence-corrected chi connectivity index (χ3v) is 6.44. The molecule has 3 aromatic carbocycles. The Balaban J connectivity index is 1.69. The minimum atomic E-state index is -0.697. The van der Waals surface area contributed by atoms with Crippen LogP contribution in [0.15, 0.2) is 77.0 Å². The minimum Gasteiger partial charge on any atom is -0.351 e. The van der Waals surface area contributed by atoms with Crippen LogP contribution in [0.3, 0.4) is 0 Å². The molecule has 0 bridgehead atoms. The Morgan fingerprint density at radius 2 is 1.63 bits per heavy atom. The van der Waals surface area contributed by atoms with Gasteiger partial charge in [0.1, 0.15) is 11.6 Å². The van der Waals surface area contributed by atoms with Crippen molar-refractivity contribution in [2.75, 3.05) is 4.90 Å². The maximum Gasteiger partial charge on any atom is 0.258 e. The third-order valence-electron chi connectivity index (χ3n) is 6.14. The summed E-state index contributed by atoms with van der Waals surface area (Å²) in [6, 6.07) is 18.5. The first-order valence-electron chi connectivity index (χ1n) is 11.1. The van der Waals surface area contributed by atoms with E-state index in [1.807, 2.05) is 63.2 Å². The van der Waals surface area contributed by atoms with Crippen molar-refractivity contribution in [3.63, 3.8) is 0 Å². The van der Waals surface area contributed by atoms with Crippen molar-refractivity contribution >= 4 is 28.6 Å². The molecule has 1 aromatic heterocycles. The second-order valence-electron chi connectivity index (χ2n) is 8.48. The summed E-state index contributed by atoms with van der Waals surface area (Å²) in [7, 11) is 0. The van der Waals surface area contributed by atoms with Gasteiger partial charge in [-0.1, -0.05) is 53.7 Å². The first-order valence-corrected chi connectivity index (χ1v) is 11.5. The van der Waals surface area contributed by atoms with E-state index in [2.05, 4.69) is 21.5 Å². The smallest absolute Gasteiger partial charge is 0.258 e. The number of benzene rings is 3. The van der Waals surface area contributed by atoms with Gasteiger partial charge in [-0.15, -0.1) is 0 Å². The maximum atomic E-state index is 14.1. The van der Waals surface area contributed by atoms with Crippen LogP contribution >= 0.6 is 12.2 Å². The van der Waals surface area contributed by atoms with Gasteiger partial charge >= 0.3 is 0 Å². The van der Waals surface area contributed by atoms with Gasteiger partial charge in [-0.25, -0.2) is 8.78 Å². The molecule has 0 aliphatic carbocycles. The quantitative estimate of drug-likeness (QED) is 0.331. The molecule has 1 atom stereocenters. The number of aromatic nitrogens is 2. The van der Waals surface area contributed by atoms with Gasteiger partial charge in [0.15, 0.2) is 5.11 Å². The van der Waals surface area contributed by atoms with E-state index in [1.54, 1.807) is 4.90 Å². The summed E-state index contributed by atoms with van der Waals surface area (Å²) in [6.45, 7) is 5.91. The van der Waals surface area contributed by atoms with Crippen molar-refractivity contribution < 1.29 is 13.3 Å². The van der Waals surface area contributed by atoms with E-state index in [4.69, 9.17) is 16.7 Å². The lowest BCUT2D eigenvalue weighted by molar-refractivity contribution is 0.404. The summed E-state index contributed by atoms with van der Waals surface area (Å²) in [5.41, 5.74) is 5.61. The highest BCUT2D eigenvalue weighted by Crippen LogP contribution is 2.39. The molecule has 1 aliphatic rings. The molecule has 0 fully saturated rings. The SMILES string of the molecule is CC1=C(c2nc(-c3ccccc3)no2)C(c2ccc(C)c(C)c2)NC(=S)N1c1cc(F)cc(F)c1. The van der Waals surface area contributed by atoms with Crippen LogP contribution in [0.5, 0.6) is 0 Å². The highest BCUT2D eigenvalue weighted by atomic mass is 32.1. The number of nitrogens with zero attached hydrogens (tertiary/aromatic N) is 3. The third kappa shape index (κ3) is 4.33. The fraction of sp³-hybridized carbons (Fsp3) is 0.148. The van der Waals surface area contributed by atoms with Gasteiger partial charge in [0.2, 0.25) is 5.82 Å². The molecule has 0 spiro atoms. The monoisotopic (exact) mass is 488 g/mol. The highest BCUT2D eigenvalue weighted by molar-refractivity contribution is 7.80. The molecular weight excluding hydrogens is 466 g/mol. The number of thiocarbonyl (C=S) groups is 1. The Labute approximate surface area is 207 Å². The molecule has 0 amide bonds. The minimum absolute atomic E-state index is 0.260. The van der Waals surface area contributed by atoms with Gasteiger partial charge in [-0.05, 0) is 61.8 Å². The van der Waals surface area contributed by atoms with E-state index in [0.29, 0.717) is 28.1 Å². The fourth-order valence-electron chi connectivity index (χ4n) is 4.23. The summed E-state index contributed by atoms with van der Waals surface area (Å²) in [5, 5.41) is 7.81. The molecule has 1 aliphatic heterocycles. The Kier molecular flexibility index (Phi) is 5.90. The Hall–Kier alpha value is -3.91. The van der Waals surface area contributed by atoms with Crippen molar-refractivity contribution in [1.82, 2.24) is 15.5 Å². The van der Waals surface area contributed by atoms with Crippen molar-refractivity contribution in [3.05, 3.63) is 107 Å². The largest absolute Gasteiger partial charge is 0.351 e. The summed E-state index contributed by atoms with van der Waals surface area (Å²) in [5.74, 6) is -0.659. The van der Waals surface area contributed by atoms with Crippen LogP contribution in [0, 0.1) is 25.5 Å². The van der Waals surface area contributed by atoms with Crippen LogP contribution in [0.25, 0.3) is 17.0 Å². The van der Waals surface area contributed by atoms with Crippen molar-refractivity contribution in [2.24, 2.45) is 0 Å². The van der Waals surface area contributed by atoms with E-state index in [9.17, 15) is 8.78 Å². The maximum absolute atomic E-state index is 14.1. The van der Waals surface area contributed by atoms with E-state index < -0.39 is 17.7 Å². The molecule has 8 heteroatoms. The second kappa shape index (κ2) is 9.03. The topological polar surface area (TPSA) is 54.2 Å². The zero-order chi connectivity index (χ0) is 24.7. The van der Waals surface area contributed by atoms with Gasteiger partial charge in [0.25, 0.3) is 5.89 Å². The summed E-state index contributed by atoms with van der Waals surface area (Å²) in [4.78, 5) is 6.25. The number of halogens is 2. The van der Waals surface area contributed by atoms with Crippen LogP contribution in [-0.2, 0) is 0 Å². The molecule has 5 nitrogen and oxygen atoms in total. The standard InChI is InChI=1S/C27H22F2N4OS/c1-15-9-10-19(11-16(15)2)24-23(26-31-25(32-34-26)18-7-5-4-6-8-18)17(3)33(27(35)30-24)22-13-20(28)12-21(29)14-22/h4-14,24H,1-3H3,(H,30,35). The molecule has 2 heterocycles. The molecule has 176 valence electrons. The zero-order valence-electron chi connectivity index (χ0n) is 19.3. The summed E-state index contributed by atoms with van der Waals surface area (Å²) in [6.07, 6.45) is 0. The van der Waals surface area contributed by atoms with Crippen LogP contribution in [0.1, 0.15) is 35.5 Å². The molecule has 4 aromatic rings. The number of allylic oxidation sites excluding steroid dienone is 1. The molecule has 0 saturated carbocycles. The summed E-state index contributed by atoms with van der Waals surface area (Å²) >= 11 is 5.66. The Bertz CT molecular complexity index is 1450. The van der Waals surface area contributed by atoms with Crippen molar-refractivity contribution in [2.45, 2.75) is 26.8 Å². The second-order valence-corrected chi connectivity index (χ2v) is 8.86. The molecule has 0 saturated heterocycles. The van der Waals surface area contributed by atoms with E-state index >= 15 is 0 Å². The average molecular weight is 489 g/mol. The molecule has 1 N–H and O–H groups in total. The van der Waals surface area contributed by atoms with Gasteiger partial charge < -0.3 is 9.84 Å². The molecular formula is C27H22F2N4OS. The molecule has 5 rings (SSSR count). The molecule has 35 heavy (non-hydrogen) atoms. The number of anilines is 1. The van der Waals surface area contributed by atoms with E-state index in [0.717, 1.165) is 28.3 Å². The van der Waals surface area contributed by atoms with E-state index in [1.165, 1.54) is 12.1 Å². The number of nitrogens with one attached hydrogen (secondary N) is 1. The first kappa shape index (κ1) is 22.9. The van der Waals surface area contributed by atoms with Gasteiger partial charge in [-0.2, -0.15) is 4.98 Å². The number of hydrogen-bond donors (Lipinski definition) is 1. The van der Waals surface area contributed by atoms with Gasteiger partial charge in [-0.3, -0.25) is 4.90 Å². The van der Waals surface area contributed by atoms with Crippen LogP contribution in [0.2, 0.25) is 0 Å². The predicted octanol–water partition coefficient (Wildman–Crippen LogP) is 6.50. The summed E-state index contributed by atoms with van der Waals surface area (Å²) < 4.78 is 33.9. The Morgan fingerprint density at radius 1 is 0.914 bits per heavy atom. The van der Waals surface area contributed by atoms with Gasteiger partial charge in [0, 0.05) is 17.3 Å². The first-order chi connectivity index (χ1) is 16.8. The molecule has 0 radical (unpaired) electrons. The average Bonchev–Trinajstić information content (AvgIpc) is 3.30. The number of aryl methyl sites for hydroxylation is 2. The van der Waals surface area contributed by atoms with Crippen LogP contribution in [-0.4, -0.2) is 15.3 Å². The van der Waals surface area contributed by atoms with Crippen molar-refractivity contribution in [1.29, 1.82) is 0 Å². The normalized spacial score (nSPS) is 16.0. The van der Waals surface area contributed by atoms with Crippen LogP contribution in [0.4, 0.5) is 14.5 Å². The molecule has 1 unspecified atom stereocenters. The Morgan fingerprint density at radius 3 is 2.31 bits per heavy atom. The lowest BCUT2D eigenvalue weighted by Gasteiger charge is -2.37. The zero-order valence-corrected chi connectivity index (χ0v) is 20.2. The highest BCUT2D eigenvalue weighted by Gasteiger charge is 2.35. The van der Waals surface area contributed by atoms with Crippen molar-refractivity contribution in [3.8, 4) is 11.4 Å². The fourth-order valence-corrected chi connectivity index (χ4v) is 4.59.